The molecule has 0 bridgehead atoms. The summed E-state index contributed by atoms with van der Waals surface area (Å²) in [5.41, 5.74) is -1.03. The van der Waals surface area contributed by atoms with Crippen molar-refractivity contribution in [1.29, 1.82) is 0 Å². The van der Waals surface area contributed by atoms with Gasteiger partial charge in [0, 0.05) is 6.61 Å². The first-order valence-electron chi connectivity index (χ1n) is 5.54. The first kappa shape index (κ1) is 13.1. The molecule has 0 atom stereocenters. The fourth-order valence-electron chi connectivity index (χ4n) is 1.87. The van der Waals surface area contributed by atoms with Crippen LogP contribution in [-0.2, 0) is 6.18 Å². The van der Waals surface area contributed by atoms with Crippen molar-refractivity contribution < 1.29 is 27.4 Å². The summed E-state index contributed by atoms with van der Waals surface area (Å²) < 4.78 is 55.5. The van der Waals surface area contributed by atoms with Crippen molar-refractivity contribution in [2.75, 3.05) is 6.61 Å². The summed E-state index contributed by atoms with van der Waals surface area (Å²) in [6.45, 7) is 0.0509. The molecule has 1 saturated carbocycles. The Morgan fingerprint density at radius 2 is 1.94 bits per heavy atom. The van der Waals surface area contributed by atoms with Crippen LogP contribution >= 0.6 is 0 Å². The van der Waals surface area contributed by atoms with E-state index in [9.17, 15) is 17.6 Å². The van der Waals surface area contributed by atoms with Crippen molar-refractivity contribution in [2.45, 2.75) is 25.1 Å². The SMILES string of the molecule is OC[C@H]1C[C@@H](Oc2ccc(C(F)(F)F)cc2F)C1. The second kappa shape index (κ2) is 4.76. The molecule has 2 rings (SSSR count). The molecule has 6 heteroatoms. The Morgan fingerprint density at radius 3 is 2.44 bits per heavy atom. The second-order valence-corrected chi connectivity index (χ2v) is 4.40. The molecule has 1 aliphatic carbocycles. The van der Waals surface area contributed by atoms with Gasteiger partial charge in [-0.2, -0.15) is 13.2 Å². The Labute approximate surface area is 101 Å². The second-order valence-electron chi connectivity index (χ2n) is 4.40. The topological polar surface area (TPSA) is 29.5 Å². The molecule has 1 aliphatic rings. The molecule has 18 heavy (non-hydrogen) atoms. The van der Waals surface area contributed by atoms with Crippen LogP contribution in [0.25, 0.3) is 0 Å². The van der Waals surface area contributed by atoms with E-state index in [4.69, 9.17) is 9.84 Å². The lowest BCUT2D eigenvalue weighted by molar-refractivity contribution is -0.137. The fraction of sp³-hybridized carbons (Fsp3) is 0.500. The minimum atomic E-state index is -4.56. The van der Waals surface area contributed by atoms with E-state index in [1.807, 2.05) is 0 Å². The van der Waals surface area contributed by atoms with Crippen molar-refractivity contribution in [3.05, 3.63) is 29.6 Å². The van der Waals surface area contributed by atoms with E-state index in [0.29, 0.717) is 18.9 Å². The van der Waals surface area contributed by atoms with Crippen LogP contribution in [0.15, 0.2) is 18.2 Å². The largest absolute Gasteiger partial charge is 0.487 e. The van der Waals surface area contributed by atoms with Gasteiger partial charge < -0.3 is 9.84 Å². The zero-order chi connectivity index (χ0) is 13.3. The smallest absolute Gasteiger partial charge is 0.416 e. The maximum Gasteiger partial charge on any atom is 0.416 e. The Bertz CT molecular complexity index is 425. The zero-order valence-corrected chi connectivity index (χ0v) is 9.38. The van der Waals surface area contributed by atoms with Crippen LogP contribution in [0.4, 0.5) is 17.6 Å². The van der Waals surface area contributed by atoms with Crippen LogP contribution in [0.3, 0.4) is 0 Å². The molecule has 0 heterocycles. The Morgan fingerprint density at radius 1 is 1.28 bits per heavy atom. The Hall–Kier alpha value is -1.30. The lowest BCUT2D eigenvalue weighted by atomic mass is 9.83. The van der Waals surface area contributed by atoms with Gasteiger partial charge in [0.2, 0.25) is 0 Å². The van der Waals surface area contributed by atoms with Crippen LogP contribution in [0.1, 0.15) is 18.4 Å². The monoisotopic (exact) mass is 264 g/mol. The number of ether oxygens (including phenoxy) is 1. The van der Waals surface area contributed by atoms with Crippen molar-refractivity contribution >= 4 is 0 Å². The molecular formula is C12H12F4O2. The highest BCUT2D eigenvalue weighted by molar-refractivity contribution is 5.31. The van der Waals surface area contributed by atoms with Crippen molar-refractivity contribution in [3.63, 3.8) is 0 Å². The third kappa shape index (κ3) is 2.75. The van der Waals surface area contributed by atoms with E-state index in [0.717, 1.165) is 12.1 Å². The molecule has 1 aromatic carbocycles. The molecule has 0 unspecified atom stereocenters. The Balaban J connectivity index is 2.02. The average molecular weight is 264 g/mol. The maximum absolute atomic E-state index is 13.4. The zero-order valence-electron chi connectivity index (χ0n) is 9.38. The van der Waals surface area contributed by atoms with E-state index >= 15 is 0 Å². The summed E-state index contributed by atoms with van der Waals surface area (Å²) in [7, 11) is 0. The summed E-state index contributed by atoms with van der Waals surface area (Å²) in [6.07, 6.45) is -3.60. The molecule has 0 radical (unpaired) electrons. The summed E-state index contributed by atoms with van der Waals surface area (Å²) >= 11 is 0. The molecule has 0 spiro atoms. The number of aliphatic hydroxyl groups is 1. The number of rotatable bonds is 3. The normalized spacial score (nSPS) is 23.6. The predicted octanol–water partition coefficient (Wildman–Crippen LogP) is 2.99. The van der Waals surface area contributed by atoms with E-state index in [2.05, 4.69) is 0 Å². The minimum absolute atomic E-state index is 0.0509. The number of hydrogen-bond acceptors (Lipinski definition) is 2. The van der Waals surface area contributed by atoms with E-state index in [1.165, 1.54) is 0 Å². The van der Waals surface area contributed by atoms with Gasteiger partial charge in [0.05, 0.1) is 11.7 Å². The molecule has 1 aromatic rings. The molecule has 2 nitrogen and oxygen atoms in total. The summed E-state index contributed by atoms with van der Waals surface area (Å²) in [5, 5.41) is 8.80. The predicted molar refractivity (Wildman–Crippen MR) is 55.6 cm³/mol. The number of halogens is 4. The highest BCUT2D eigenvalue weighted by atomic mass is 19.4. The van der Waals surface area contributed by atoms with Crippen LogP contribution in [0, 0.1) is 11.7 Å². The molecule has 0 saturated heterocycles. The van der Waals surface area contributed by atoms with Crippen LogP contribution < -0.4 is 4.74 Å². The molecule has 1 N–H and O–H groups in total. The van der Waals surface area contributed by atoms with Gasteiger partial charge in [-0.15, -0.1) is 0 Å². The first-order chi connectivity index (χ1) is 8.40. The van der Waals surface area contributed by atoms with Crippen molar-refractivity contribution in [2.24, 2.45) is 5.92 Å². The van der Waals surface area contributed by atoms with Gasteiger partial charge in [0.15, 0.2) is 11.6 Å². The summed E-state index contributed by atoms with van der Waals surface area (Å²) in [4.78, 5) is 0. The molecule has 100 valence electrons. The van der Waals surface area contributed by atoms with Crippen molar-refractivity contribution in [3.8, 4) is 5.75 Å². The van der Waals surface area contributed by atoms with Gasteiger partial charge in [0.25, 0.3) is 0 Å². The van der Waals surface area contributed by atoms with Gasteiger partial charge in [-0.05, 0) is 37.0 Å². The number of aliphatic hydroxyl groups excluding tert-OH is 1. The number of benzene rings is 1. The van der Waals surface area contributed by atoms with Crippen LogP contribution in [0.2, 0.25) is 0 Å². The standard InChI is InChI=1S/C12H12F4O2/c13-10-5-8(12(14,15)16)1-2-11(10)18-9-3-7(4-9)6-17/h1-2,5,7,9,17H,3-4,6H2/t7-,9+. The van der Waals surface area contributed by atoms with Crippen LogP contribution in [-0.4, -0.2) is 17.8 Å². The van der Waals surface area contributed by atoms with Gasteiger partial charge in [-0.25, -0.2) is 4.39 Å². The lowest BCUT2D eigenvalue weighted by Gasteiger charge is -2.34. The quantitative estimate of drug-likeness (QED) is 0.850. The minimum Gasteiger partial charge on any atom is -0.487 e. The lowest BCUT2D eigenvalue weighted by Crippen LogP contribution is -2.35. The fourth-order valence-corrected chi connectivity index (χ4v) is 1.87. The molecule has 1 fully saturated rings. The summed E-state index contributed by atoms with van der Waals surface area (Å²) in [5.74, 6) is -1.05. The molecule has 0 amide bonds. The molecular weight excluding hydrogens is 252 g/mol. The van der Waals surface area contributed by atoms with E-state index < -0.39 is 17.6 Å². The highest BCUT2D eigenvalue weighted by Crippen LogP contribution is 2.35. The van der Waals surface area contributed by atoms with Gasteiger partial charge >= 0.3 is 6.18 Å². The number of hydrogen-bond donors (Lipinski definition) is 1. The number of alkyl halides is 3. The maximum atomic E-state index is 13.4. The molecule has 0 aliphatic heterocycles. The summed E-state index contributed by atoms with van der Waals surface area (Å²) in [6, 6.07) is 2.21. The average Bonchev–Trinajstić information content (AvgIpc) is 2.23. The third-order valence-electron chi connectivity index (χ3n) is 3.00. The van der Waals surface area contributed by atoms with E-state index in [-0.39, 0.29) is 24.4 Å². The van der Waals surface area contributed by atoms with Crippen molar-refractivity contribution in [1.82, 2.24) is 0 Å². The van der Waals surface area contributed by atoms with Gasteiger partial charge in [-0.1, -0.05) is 0 Å². The highest BCUT2D eigenvalue weighted by Gasteiger charge is 2.33. The van der Waals surface area contributed by atoms with Crippen LogP contribution in [0.5, 0.6) is 5.75 Å². The first-order valence-corrected chi connectivity index (χ1v) is 5.54. The van der Waals surface area contributed by atoms with E-state index in [1.54, 1.807) is 0 Å². The van der Waals surface area contributed by atoms with Gasteiger partial charge in [-0.3, -0.25) is 0 Å². The Kier molecular flexibility index (Phi) is 3.47. The third-order valence-corrected chi connectivity index (χ3v) is 3.00. The van der Waals surface area contributed by atoms with Gasteiger partial charge in [0.1, 0.15) is 0 Å². The molecule has 0 aromatic heterocycles.